The normalized spacial score (nSPS) is 16.5. The van der Waals surface area contributed by atoms with Crippen LogP contribution in [-0.4, -0.2) is 17.8 Å². The highest BCUT2D eigenvalue weighted by molar-refractivity contribution is 7.99. The summed E-state index contributed by atoms with van der Waals surface area (Å²) in [4.78, 5) is 12.5. The molecule has 0 fully saturated rings. The summed E-state index contributed by atoms with van der Waals surface area (Å²) in [5.74, 6) is 0.399. The summed E-state index contributed by atoms with van der Waals surface area (Å²) >= 11 is 1.43. The van der Waals surface area contributed by atoms with E-state index in [0.29, 0.717) is 18.8 Å². The summed E-state index contributed by atoms with van der Waals surface area (Å²) in [5.41, 5.74) is 0.831. The lowest BCUT2D eigenvalue weighted by Gasteiger charge is -2.26. The third-order valence-electron chi connectivity index (χ3n) is 3.35. The van der Waals surface area contributed by atoms with E-state index in [1.165, 1.54) is 23.9 Å². The molecule has 2 aromatic rings. The van der Waals surface area contributed by atoms with Gasteiger partial charge >= 0.3 is 6.09 Å². The fraction of sp³-hybridized carbons (Fsp3) is 0.188. The minimum Gasteiger partial charge on any atom is -0.493 e. The van der Waals surface area contributed by atoms with Gasteiger partial charge in [-0.25, -0.2) is 9.18 Å². The van der Waals surface area contributed by atoms with E-state index >= 15 is 0 Å². The summed E-state index contributed by atoms with van der Waals surface area (Å²) in [6, 6.07) is 11.7. The molecule has 3 rings (SSSR count). The minimum absolute atomic E-state index is 0.255. The smallest absolute Gasteiger partial charge is 0.405 e. The van der Waals surface area contributed by atoms with Crippen LogP contribution in [0.15, 0.2) is 52.3 Å². The fourth-order valence-electron chi connectivity index (χ4n) is 2.40. The van der Waals surface area contributed by atoms with Crippen LogP contribution in [-0.2, 0) is 0 Å². The van der Waals surface area contributed by atoms with E-state index < -0.39 is 6.09 Å². The van der Waals surface area contributed by atoms with E-state index in [2.05, 4.69) is 5.32 Å². The monoisotopic (exact) mass is 319 g/mol. The topological polar surface area (TPSA) is 58.6 Å². The molecule has 1 unspecified atom stereocenters. The van der Waals surface area contributed by atoms with Crippen molar-refractivity contribution in [1.82, 2.24) is 5.32 Å². The summed E-state index contributed by atoms with van der Waals surface area (Å²) in [6.07, 6.45) is -0.438. The molecule has 0 aromatic heterocycles. The number of rotatable bonds is 3. The Labute approximate surface area is 131 Å². The van der Waals surface area contributed by atoms with Crippen molar-refractivity contribution in [2.24, 2.45) is 0 Å². The van der Waals surface area contributed by atoms with Gasteiger partial charge in [-0.3, -0.25) is 0 Å². The molecule has 1 aliphatic heterocycles. The molecule has 1 atom stereocenters. The van der Waals surface area contributed by atoms with Crippen molar-refractivity contribution in [2.75, 3.05) is 6.61 Å². The summed E-state index contributed by atoms with van der Waals surface area (Å²) in [7, 11) is 0. The Morgan fingerprint density at radius 3 is 2.86 bits per heavy atom. The molecule has 0 radical (unpaired) electrons. The summed E-state index contributed by atoms with van der Waals surface area (Å²) in [5, 5.41) is 11.4. The number of hydrogen-bond acceptors (Lipinski definition) is 3. The lowest BCUT2D eigenvalue weighted by molar-refractivity contribution is 0.182. The number of halogens is 1. The van der Waals surface area contributed by atoms with Gasteiger partial charge in [-0.05, 0) is 30.3 Å². The molecule has 22 heavy (non-hydrogen) atoms. The van der Waals surface area contributed by atoms with E-state index in [4.69, 9.17) is 9.84 Å². The van der Waals surface area contributed by atoms with Crippen molar-refractivity contribution in [3.05, 3.63) is 53.8 Å². The van der Waals surface area contributed by atoms with E-state index in [1.807, 2.05) is 24.3 Å². The van der Waals surface area contributed by atoms with Crippen molar-refractivity contribution in [2.45, 2.75) is 22.3 Å². The van der Waals surface area contributed by atoms with Gasteiger partial charge in [0.25, 0.3) is 0 Å². The SMILES string of the molecule is O=C(O)NC1CCOc2cc(Sc3cccc(F)c3)ccc21. The van der Waals surface area contributed by atoms with Crippen LogP contribution in [0, 0.1) is 5.82 Å². The van der Waals surface area contributed by atoms with Crippen LogP contribution >= 0.6 is 11.8 Å². The minimum atomic E-state index is -1.05. The van der Waals surface area contributed by atoms with Gasteiger partial charge in [0.05, 0.1) is 12.6 Å². The second-order valence-electron chi connectivity index (χ2n) is 4.90. The van der Waals surface area contributed by atoms with E-state index in [1.54, 1.807) is 6.07 Å². The molecule has 2 N–H and O–H groups in total. The van der Waals surface area contributed by atoms with Crippen LogP contribution in [0.1, 0.15) is 18.0 Å². The third kappa shape index (κ3) is 3.33. The highest BCUT2D eigenvalue weighted by atomic mass is 32.2. The molecule has 0 spiro atoms. The first-order chi connectivity index (χ1) is 10.6. The van der Waals surface area contributed by atoms with E-state index in [0.717, 1.165) is 15.4 Å². The van der Waals surface area contributed by atoms with Gasteiger partial charge in [-0.1, -0.05) is 23.9 Å². The van der Waals surface area contributed by atoms with Crippen molar-refractivity contribution in [3.63, 3.8) is 0 Å². The van der Waals surface area contributed by atoms with Crippen LogP contribution in [0.3, 0.4) is 0 Å². The zero-order valence-electron chi connectivity index (χ0n) is 11.6. The maximum absolute atomic E-state index is 13.2. The van der Waals surface area contributed by atoms with Gasteiger partial charge < -0.3 is 15.2 Å². The van der Waals surface area contributed by atoms with Crippen LogP contribution in [0.2, 0.25) is 0 Å². The number of nitrogens with one attached hydrogen (secondary N) is 1. The Hall–Kier alpha value is -2.21. The first-order valence-electron chi connectivity index (χ1n) is 6.81. The number of ether oxygens (including phenoxy) is 1. The van der Waals surface area contributed by atoms with Crippen molar-refractivity contribution >= 4 is 17.9 Å². The number of carbonyl (C=O) groups is 1. The number of benzene rings is 2. The Morgan fingerprint density at radius 1 is 1.27 bits per heavy atom. The van der Waals surface area contributed by atoms with Crippen molar-refractivity contribution in [1.29, 1.82) is 0 Å². The zero-order chi connectivity index (χ0) is 15.5. The Balaban J connectivity index is 1.83. The Bertz CT molecular complexity index is 708. The molecule has 2 aromatic carbocycles. The van der Waals surface area contributed by atoms with E-state index in [-0.39, 0.29) is 11.9 Å². The maximum atomic E-state index is 13.2. The molecule has 1 heterocycles. The number of carboxylic acid groups (broad SMARTS) is 1. The first kappa shape index (κ1) is 14.7. The Kier molecular flexibility index (Phi) is 4.20. The lowest BCUT2D eigenvalue weighted by atomic mass is 10.0. The molecular weight excluding hydrogens is 305 g/mol. The summed E-state index contributed by atoms with van der Waals surface area (Å²) < 4.78 is 18.8. The number of amides is 1. The van der Waals surface area contributed by atoms with Gasteiger partial charge in [-0.2, -0.15) is 0 Å². The van der Waals surface area contributed by atoms with Crippen LogP contribution in [0.4, 0.5) is 9.18 Å². The second kappa shape index (κ2) is 6.27. The van der Waals surface area contributed by atoms with Crippen molar-refractivity contribution in [3.8, 4) is 5.75 Å². The Morgan fingerprint density at radius 2 is 2.09 bits per heavy atom. The van der Waals surface area contributed by atoms with Gasteiger partial charge in [0.15, 0.2) is 0 Å². The molecule has 6 heteroatoms. The average molecular weight is 319 g/mol. The van der Waals surface area contributed by atoms with E-state index in [9.17, 15) is 9.18 Å². The molecule has 4 nitrogen and oxygen atoms in total. The fourth-order valence-corrected chi connectivity index (χ4v) is 3.29. The predicted molar refractivity (Wildman–Crippen MR) is 81.0 cm³/mol. The molecule has 1 amide bonds. The molecular formula is C16H14FNO3S. The van der Waals surface area contributed by atoms with Gasteiger partial charge in [0.1, 0.15) is 11.6 Å². The maximum Gasteiger partial charge on any atom is 0.405 e. The third-order valence-corrected chi connectivity index (χ3v) is 4.33. The van der Waals surface area contributed by atoms with Gasteiger partial charge in [-0.15, -0.1) is 0 Å². The van der Waals surface area contributed by atoms with Gasteiger partial charge in [0.2, 0.25) is 0 Å². The van der Waals surface area contributed by atoms with Crippen molar-refractivity contribution < 1.29 is 19.0 Å². The molecule has 1 aliphatic rings. The van der Waals surface area contributed by atoms with Crippen LogP contribution < -0.4 is 10.1 Å². The number of hydrogen-bond donors (Lipinski definition) is 2. The highest BCUT2D eigenvalue weighted by Gasteiger charge is 2.23. The number of fused-ring (bicyclic) bond motifs is 1. The zero-order valence-corrected chi connectivity index (χ0v) is 12.4. The molecule has 0 bridgehead atoms. The standard InChI is InChI=1S/C16H14FNO3S/c17-10-2-1-3-11(8-10)22-12-4-5-13-14(18-16(19)20)6-7-21-15(13)9-12/h1-5,8-9,14,18H,6-7H2,(H,19,20). The largest absolute Gasteiger partial charge is 0.493 e. The summed E-state index contributed by atoms with van der Waals surface area (Å²) in [6.45, 7) is 0.464. The molecule has 0 aliphatic carbocycles. The second-order valence-corrected chi connectivity index (χ2v) is 6.05. The molecule has 0 saturated heterocycles. The van der Waals surface area contributed by atoms with Crippen LogP contribution in [0.25, 0.3) is 0 Å². The first-order valence-corrected chi connectivity index (χ1v) is 7.63. The molecule has 114 valence electrons. The lowest BCUT2D eigenvalue weighted by Crippen LogP contribution is -2.30. The van der Waals surface area contributed by atoms with Gasteiger partial charge in [0, 0.05) is 21.8 Å². The molecule has 0 saturated carbocycles. The predicted octanol–water partition coefficient (Wildman–Crippen LogP) is 4.07. The highest BCUT2D eigenvalue weighted by Crippen LogP contribution is 2.37. The average Bonchev–Trinajstić information content (AvgIpc) is 2.47. The van der Waals surface area contributed by atoms with Crippen LogP contribution in [0.5, 0.6) is 5.75 Å². The quantitative estimate of drug-likeness (QED) is 0.895.